The molecule has 1 atom stereocenters. The van der Waals surface area contributed by atoms with E-state index in [1.165, 1.54) is 7.11 Å². The normalized spacial score (nSPS) is 12.7. The summed E-state index contributed by atoms with van der Waals surface area (Å²) in [5.41, 5.74) is 0.189. The molecule has 5 heteroatoms. The van der Waals surface area contributed by atoms with Crippen molar-refractivity contribution in [1.82, 2.24) is 5.32 Å². The third-order valence-corrected chi connectivity index (χ3v) is 2.93. The Morgan fingerprint density at radius 3 is 2.35 bits per heavy atom. The maximum Gasteiger partial charge on any atom is 0.225 e. The molecular formula is C15H23NO4. The fourth-order valence-electron chi connectivity index (χ4n) is 1.63. The van der Waals surface area contributed by atoms with Crippen molar-refractivity contribution in [2.45, 2.75) is 26.9 Å². The topological polar surface area (TPSA) is 67.8 Å². The molecule has 0 saturated heterocycles. The van der Waals surface area contributed by atoms with Crippen LogP contribution in [-0.2, 0) is 4.79 Å². The van der Waals surface area contributed by atoms with Crippen LogP contribution in [-0.4, -0.2) is 31.8 Å². The maximum atomic E-state index is 11.8. The van der Waals surface area contributed by atoms with Crippen LogP contribution in [0.4, 0.5) is 0 Å². The predicted octanol–water partition coefficient (Wildman–Crippen LogP) is 1.90. The average Bonchev–Trinajstić information content (AvgIpc) is 2.42. The van der Waals surface area contributed by atoms with Gasteiger partial charge in [-0.15, -0.1) is 0 Å². The van der Waals surface area contributed by atoms with E-state index in [1.54, 1.807) is 25.3 Å². The third kappa shape index (κ3) is 4.13. The first kappa shape index (κ1) is 16.3. The van der Waals surface area contributed by atoms with E-state index in [1.807, 2.05) is 20.8 Å². The first-order valence-electron chi connectivity index (χ1n) is 6.48. The lowest BCUT2D eigenvalue weighted by Gasteiger charge is -2.20. The molecule has 1 aromatic rings. The quantitative estimate of drug-likeness (QED) is 0.865. The Balaban J connectivity index is 2.73. The van der Waals surface area contributed by atoms with Crippen LogP contribution in [0.3, 0.4) is 0 Å². The third-order valence-electron chi connectivity index (χ3n) is 2.93. The van der Waals surface area contributed by atoms with E-state index >= 15 is 0 Å². The van der Waals surface area contributed by atoms with Crippen molar-refractivity contribution < 1.29 is 19.4 Å². The first-order chi connectivity index (χ1) is 9.29. The zero-order chi connectivity index (χ0) is 15.3. The van der Waals surface area contributed by atoms with Crippen molar-refractivity contribution in [3.8, 4) is 11.5 Å². The molecule has 1 amide bonds. The molecule has 0 aliphatic heterocycles. The number of aliphatic hydroxyl groups excluding tert-OH is 1. The lowest BCUT2D eigenvalue weighted by molar-refractivity contribution is -0.128. The summed E-state index contributed by atoms with van der Waals surface area (Å²) in [5.74, 6) is 1.05. The molecular weight excluding hydrogens is 258 g/mol. The summed E-state index contributed by atoms with van der Waals surface area (Å²) in [6.07, 6.45) is -0.791. The minimum Gasteiger partial charge on any atom is -0.493 e. The second-order valence-electron chi connectivity index (χ2n) is 5.59. The fourth-order valence-corrected chi connectivity index (χ4v) is 1.63. The molecule has 0 fully saturated rings. The van der Waals surface area contributed by atoms with Gasteiger partial charge in [-0.3, -0.25) is 4.79 Å². The van der Waals surface area contributed by atoms with Gasteiger partial charge in [0.1, 0.15) is 0 Å². The van der Waals surface area contributed by atoms with Crippen molar-refractivity contribution in [2.24, 2.45) is 5.41 Å². The summed E-state index contributed by atoms with van der Waals surface area (Å²) >= 11 is 0. The van der Waals surface area contributed by atoms with E-state index in [9.17, 15) is 9.90 Å². The van der Waals surface area contributed by atoms with Crippen molar-refractivity contribution in [3.05, 3.63) is 23.8 Å². The van der Waals surface area contributed by atoms with Gasteiger partial charge in [0.15, 0.2) is 11.5 Å². The lowest BCUT2D eigenvalue weighted by atomic mass is 9.95. The Kier molecular flexibility index (Phi) is 5.39. The Morgan fingerprint density at radius 1 is 1.25 bits per heavy atom. The zero-order valence-corrected chi connectivity index (χ0v) is 12.7. The van der Waals surface area contributed by atoms with Gasteiger partial charge in [0.05, 0.1) is 20.3 Å². The molecule has 0 heterocycles. The Labute approximate surface area is 119 Å². The molecule has 0 spiro atoms. The highest BCUT2D eigenvalue weighted by Gasteiger charge is 2.22. The number of amides is 1. The van der Waals surface area contributed by atoms with Gasteiger partial charge in [0, 0.05) is 12.0 Å². The number of aliphatic hydroxyl groups is 1. The van der Waals surface area contributed by atoms with E-state index in [4.69, 9.17) is 9.47 Å². The molecule has 1 aromatic carbocycles. The molecule has 0 saturated carbocycles. The SMILES string of the molecule is COc1ccc([C@H](O)CNC(=O)C(C)(C)C)cc1OC. The predicted molar refractivity (Wildman–Crippen MR) is 77.0 cm³/mol. The highest BCUT2D eigenvalue weighted by Crippen LogP contribution is 2.29. The number of methoxy groups -OCH3 is 2. The number of carbonyl (C=O) groups is 1. The molecule has 0 aliphatic carbocycles. The average molecular weight is 281 g/mol. The van der Waals surface area contributed by atoms with Gasteiger partial charge >= 0.3 is 0 Å². The smallest absolute Gasteiger partial charge is 0.225 e. The highest BCUT2D eigenvalue weighted by molar-refractivity contribution is 5.81. The Hall–Kier alpha value is -1.75. The van der Waals surface area contributed by atoms with Crippen LogP contribution < -0.4 is 14.8 Å². The summed E-state index contributed by atoms with van der Waals surface area (Å²) in [4.78, 5) is 11.8. The van der Waals surface area contributed by atoms with E-state index < -0.39 is 11.5 Å². The van der Waals surface area contributed by atoms with Crippen LogP contribution in [0.2, 0.25) is 0 Å². The standard InChI is InChI=1S/C15H23NO4/c1-15(2,3)14(18)16-9-11(17)10-6-7-12(19-4)13(8-10)20-5/h6-8,11,17H,9H2,1-5H3,(H,16,18)/t11-/m1/s1. The van der Waals surface area contributed by atoms with Crippen molar-refractivity contribution >= 4 is 5.91 Å². The molecule has 0 aromatic heterocycles. The summed E-state index contributed by atoms with van der Waals surface area (Å²) in [6.45, 7) is 5.63. The summed E-state index contributed by atoms with van der Waals surface area (Å²) in [5, 5.41) is 12.8. The van der Waals surface area contributed by atoms with Crippen LogP contribution in [0.25, 0.3) is 0 Å². The number of nitrogens with one attached hydrogen (secondary N) is 1. The Morgan fingerprint density at radius 2 is 1.85 bits per heavy atom. The van der Waals surface area contributed by atoms with Crippen LogP contribution in [0.1, 0.15) is 32.4 Å². The molecule has 2 N–H and O–H groups in total. The van der Waals surface area contributed by atoms with Gasteiger partial charge in [-0.05, 0) is 17.7 Å². The van der Waals surface area contributed by atoms with Gasteiger partial charge < -0.3 is 19.9 Å². The number of rotatable bonds is 5. The second kappa shape index (κ2) is 6.61. The number of hydrogen-bond acceptors (Lipinski definition) is 4. The molecule has 0 bridgehead atoms. The Bertz CT molecular complexity index is 465. The van der Waals surface area contributed by atoms with Crippen LogP contribution in [0.5, 0.6) is 11.5 Å². The highest BCUT2D eigenvalue weighted by atomic mass is 16.5. The fraction of sp³-hybridized carbons (Fsp3) is 0.533. The van der Waals surface area contributed by atoms with Crippen molar-refractivity contribution in [2.75, 3.05) is 20.8 Å². The minimum absolute atomic E-state index is 0.1000. The lowest BCUT2D eigenvalue weighted by Crippen LogP contribution is -2.37. The largest absolute Gasteiger partial charge is 0.493 e. The molecule has 112 valence electrons. The molecule has 20 heavy (non-hydrogen) atoms. The molecule has 0 aliphatic rings. The maximum absolute atomic E-state index is 11.8. The van der Waals surface area contributed by atoms with Gasteiger partial charge in [-0.2, -0.15) is 0 Å². The summed E-state index contributed by atoms with van der Waals surface area (Å²) in [6, 6.07) is 5.17. The second-order valence-corrected chi connectivity index (χ2v) is 5.59. The van der Waals surface area contributed by atoms with Crippen LogP contribution in [0, 0.1) is 5.41 Å². The monoisotopic (exact) mass is 281 g/mol. The first-order valence-corrected chi connectivity index (χ1v) is 6.48. The molecule has 0 unspecified atom stereocenters. The van der Waals surface area contributed by atoms with E-state index in [0.717, 1.165) is 0 Å². The molecule has 1 rings (SSSR count). The van der Waals surface area contributed by atoms with Crippen molar-refractivity contribution in [3.63, 3.8) is 0 Å². The number of benzene rings is 1. The van der Waals surface area contributed by atoms with E-state index in [-0.39, 0.29) is 12.5 Å². The van der Waals surface area contributed by atoms with E-state index in [0.29, 0.717) is 17.1 Å². The minimum atomic E-state index is -0.791. The van der Waals surface area contributed by atoms with Gasteiger partial charge in [-0.25, -0.2) is 0 Å². The molecule has 5 nitrogen and oxygen atoms in total. The molecule has 0 radical (unpaired) electrons. The zero-order valence-electron chi connectivity index (χ0n) is 12.7. The van der Waals surface area contributed by atoms with Crippen LogP contribution >= 0.6 is 0 Å². The van der Waals surface area contributed by atoms with Gasteiger partial charge in [0.25, 0.3) is 0 Å². The van der Waals surface area contributed by atoms with Gasteiger partial charge in [0.2, 0.25) is 5.91 Å². The van der Waals surface area contributed by atoms with Gasteiger partial charge in [-0.1, -0.05) is 26.8 Å². The summed E-state index contributed by atoms with van der Waals surface area (Å²) < 4.78 is 10.3. The number of ether oxygens (including phenoxy) is 2. The summed E-state index contributed by atoms with van der Waals surface area (Å²) in [7, 11) is 3.09. The number of carbonyl (C=O) groups excluding carboxylic acids is 1. The van der Waals surface area contributed by atoms with E-state index in [2.05, 4.69) is 5.32 Å². The van der Waals surface area contributed by atoms with Crippen LogP contribution in [0.15, 0.2) is 18.2 Å². The number of hydrogen-bond donors (Lipinski definition) is 2. The van der Waals surface area contributed by atoms with Crippen molar-refractivity contribution in [1.29, 1.82) is 0 Å².